The largest absolute Gasteiger partial charge is 0.394 e. The molecular weight excluding hydrogens is 518 g/mol. The Balaban J connectivity index is 1.52. The lowest BCUT2D eigenvalue weighted by Crippen LogP contribution is -2.58. The minimum absolute atomic E-state index is 0.0935. The molecule has 41 heavy (non-hydrogen) atoms. The van der Waals surface area contributed by atoms with Crippen molar-refractivity contribution in [3.05, 3.63) is 60.2 Å². The molecule has 3 fully saturated rings. The van der Waals surface area contributed by atoms with Gasteiger partial charge < -0.3 is 24.5 Å². The molecule has 3 amide bonds. The van der Waals surface area contributed by atoms with Gasteiger partial charge >= 0.3 is 0 Å². The molecule has 0 aromatic heterocycles. The Morgan fingerprint density at radius 3 is 2.34 bits per heavy atom. The maximum absolute atomic E-state index is 14.8. The topological polar surface area (TPSA) is 90.4 Å². The molecule has 1 aromatic rings. The highest BCUT2D eigenvalue weighted by molar-refractivity contribution is 6.00. The maximum atomic E-state index is 14.8. The second-order valence-corrected chi connectivity index (χ2v) is 12.3. The maximum Gasteiger partial charge on any atom is 0.249 e. The van der Waals surface area contributed by atoms with Gasteiger partial charge in [-0.15, -0.1) is 0 Å². The number of ether oxygens (including phenoxy) is 1. The first kappa shape index (κ1) is 28.2. The minimum Gasteiger partial charge on any atom is -0.394 e. The van der Waals surface area contributed by atoms with Gasteiger partial charge in [0.05, 0.1) is 30.1 Å². The van der Waals surface area contributed by atoms with Gasteiger partial charge in [-0.2, -0.15) is 0 Å². The third-order valence-corrected chi connectivity index (χ3v) is 10.2. The molecule has 5 aliphatic rings. The summed E-state index contributed by atoms with van der Waals surface area (Å²) in [6.45, 7) is 5.21. The van der Waals surface area contributed by atoms with E-state index in [-0.39, 0.29) is 30.4 Å². The van der Waals surface area contributed by atoms with Gasteiger partial charge in [-0.25, -0.2) is 0 Å². The van der Waals surface area contributed by atoms with Crippen molar-refractivity contribution in [3.63, 3.8) is 0 Å². The van der Waals surface area contributed by atoms with Crippen LogP contribution in [-0.2, 0) is 19.1 Å². The highest BCUT2D eigenvalue weighted by Crippen LogP contribution is 2.59. The molecule has 8 nitrogen and oxygen atoms in total. The van der Waals surface area contributed by atoms with E-state index in [9.17, 15) is 19.5 Å². The summed E-state index contributed by atoms with van der Waals surface area (Å²) in [5.74, 6) is -2.15. The van der Waals surface area contributed by atoms with Crippen molar-refractivity contribution < 1.29 is 24.2 Å². The summed E-state index contributed by atoms with van der Waals surface area (Å²) in [7, 11) is 0. The summed E-state index contributed by atoms with van der Waals surface area (Å²) in [6.07, 6.45) is 14.4. The van der Waals surface area contributed by atoms with Crippen molar-refractivity contribution in [2.24, 2.45) is 11.8 Å². The summed E-state index contributed by atoms with van der Waals surface area (Å²) < 4.78 is 7.10. The third-order valence-electron chi connectivity index (χ3n) is 10.2. The molecule has 1 aromatic carbocycles. The Labute approximate surface area is 243 Å². The summed E-state index contributed by atoms with van der Waals surface area (Å²) in [6, 6.07) is 7.79. The number of rotatable bonds is 7. The first-order valence-electron chi connectivity index (χ1n) is 15.5. The Kier molecular flexibility index (Phi) is 7.57. The molecule has 1 spiro atoms. The molecule has 1 unspecified atom stereocenters. The first-order valence-corrected chi connectivity index (χ1v) is 15.5. The molecule has 2 saturated heterocycles. The molecular formula is C33H43N3O5. The van der Waals surface area contributed by atoms with E-state index < -0.39 is 35.1 Å². The second-order valence-electron chi connectivity index (χ2n) is 12.3. The Hall–Kier alpha value is -2.97. The molecule has 4 aliphatic heterocycles. The molecule has 1 aliphatic carbocycles. The summed E-state index contributed by atoms with van der Waals surface area (Å²) in [5, 5.41) is 10.8. The fourth-order valence-electron chi connectivity index (χ4n) is 8.32. The first-order chi connectivity index (χ1) is 19.9. The third kappa shape index (κ3) is 4.28. The number of amides is 3. The Morgan fingerprint density at radius 1 is 0.927 bits per heavy atom. The molecule has 4 heterocycles. The van der Waals surface area contributed by atoms with Gasteiger partial charge in [0.25, 0.3) is 0 Å². The van der Waals surface area contributed by atoms with Crippen LogP contribution in [0.25, 0.3) is 0 Å². The number of aliphatic hydroxyl groups is 1. The number of likely N-dealkylation sites (tertiary alicyclic amines) is 1. The molecule has 1 saturated carbocycles. The van der Waals surface area contributed by atoms with Gasteiger partial charge in [0.1, 0.15) is 11.6 Å². The molecule has 1 N–H and O–H groups in total. The van der Waals surface area contributed by atoms with Crippen LogP contribution in [0.5, 0.6) is 0 Å². The standard InChI is InChI=1S/C33H43N3O5/c1-3-19-34-20-11-17-32(4-2)26(29(34)38)27-30(39)36(25(22-37)23-13-7-5-8-14-23)28-31(40)35(24-15-9-6-10-16-24)21-12-18-33(27,28)41-32/h5,7-8,11-14,17-18,24-28,37H,3-4,6,9-10,15-16,19-22H2,1-2H3/t25-,26-,27+,28?,32+,33+/m1/s1. The van der Waals surface area contributed by atoms with Crippen LogP contribution < -0.4 is 0 Å². The highest BCUT2D eigenvalue weighted by atomic mass is 16.5. The second kappa shape index (κ2) is 11.0. The Bertz CT molecular complexity index is 1230. The van der Waals surface area contributed by atoms with E-state index in [1.807, 2.05) is 78.3 Å². The molecule has 6 atom stereocenters. The van der Waals surface area contributed by atoms with Gasteiger partial charge in [-0.3, -0.25) is 14.4 Å². The number of hydrogen-bond donors (Lipinski definition) is 1. The number of fused-ring (bicyclic) bond motifs is 2. The van der Waals surface area contributed by atoms with E-state index in [0.717, 1.165) is 37.7 Å². The fourth-order valence-corrected chi connectivity index (χ4v) is 8.32. The van der Waals surface area contributed by atoms with Crippen molar-refractivity contribution in [3.8, 4) is 0 Å². The summed E-state index contributed by atoms with van der Waals surface area (Å²) in [4.78, 5) is 49.3. The number of nitrogens with zero attached hydrogens (tertiary/aromatic N) is 3. The van der Waals surface area contributed by atoms with Crippen LogP contribution in [0.1, 0.15) is 70.4 Å². The molecule has 0 radical (unpaired) electrons. The minimum atomic E-state index is -1.31. The zero-order chi connectivity index (χ0) is 28.8. The smallest absolute Gasteiger partial charge is 0.249 e. The van der Waals surface area contributed by atoms with Crippen LogP contribution in [0.3, 0.4) is 0 Å². The zero-order valence-corrected chi connectivity index (χ0v) is 24.3. The van der Waals surface area contributed by atoms with Gasteiger partial charge in [-0.1, -0.05) is 87.7 Å². The van der Waals surface area contributed by atoms with E-state index in [4.69, 9.17) is 4.74 Å². The van der Waals surface area contributed by atoms with Crippen molar-refractivity contribution in [2.45, 2.75) is 88.1 Å². The quantitative estimate of drug-likeness (QED) is 0.514. The number of aliphatic hydroxyl groups excluding tert-OH is 1. The van der Waals surface area contributed by atoms with E-state index in [2.05, 4.69) is 0 Å². The number of carbonyl (C=O) groups is 3. The van der Waals surface area contributed by atoms with Crippen LogP contribution in [0.15, 0.2) is 54.6 Å². The predicted molar refractivity (Wildman–Crippen MR) is 154 cm³/mol. The van der Waals surface area contributed by atoms with Crippen molar-refractivity contribution in [1.29, 1.82) is 0 Å². The van der Waals surface area contributed by atoms with Crippen LogP contribution in [0.4, 0.5) is 0 Å². The lowest BCUT2D eigenvalue weighted by Gasteiger charge is -2.42. The Morgan fingerprint density at radius 2 is 1.66 bits per heavy atom. The highest BCUT2D eigenvalue weighted by Gasteiger charge is 2.76. The van der Waals surface area contributed by atoms with Gasteiger partial charge in [0.15, 0.2) is 0 Å². The average molecular weight is 562 g/mol. The fraction of sp³-hybridized carbons (Fsp3) is 0.606. The summed E-state index contributed by atoms with van der Waals surface area (Å²) in [5.41, 5.74) is -1.54. The molecule has 220 valence electrons. The van der Waals surface area contributed by atoms with Gasteiger partial charge in [-0.05, 0) is 31.2 Å². The molecule has 8 heteroatoms. The monoisotopic (exact) mass is 561 g/mol. The van der Waals surface area contributed by atoms with Crippen molar-refractivity contribution in [2.75, 3.05) is 26.2 Å². The van der Waals surface area contributed by atoms with Crippen LogP contribution in [0, 0.1) is 11.8 Å². The van der Waals surface area contributed by atoms with Crippen LogP contribution in [-0.4, -0.2) is 87.1 Å². The van der Waals surface area contributed by atoms with Crippen molar-refractivity contribution in [1.82, 2.24) is 14.7 Å². The van der Waals surface area contributed by atoms with Crippen LogP contribution in [0.2, 0.25) is 0 Å². The predicted octanol–water partition coefficient (Wildman–Crippen LogP) is 3.62. The van der Waals surface area contributed by atoms with Crippen LogP contribution >= 0.6 is 0 Å². The van der Waals surface area contributed by atoms with E-state index in [1.165, 1.54) is 6.42 Å². The van der Waals surface area contributed by atoms with Gasteiger partial charge in [0.2, 0.25) is 17.7 Å². The lowest BCUT2D eigenvalue weighted by molar-refractivity contribution is -0.158. The lowest BCUT2D eigenvalue weighted by atomic mass is 9.73. The average Bonchev–Trinajstić information content (AvgIpc) is 3.29. The normalized spacial score (nSPS) is 34.4. The molecule has 6 rings (SSSR count). The SMILES string of the molecule is CCCN1CC=C[C@]2(CC)O[C@]34C=CCN(C5CCCCC5)C(=O)C3N([C@H](CO)c3ccccc3)C(=O)[C@@H]4[C@@H]2C1=O. The van der Waals surface area contributed by atoms with Crippen molar-refractivity contribution >= 4 is 17.7 Å². The number of benzene rings is 1. The zero-order valence-electron chi connectivity index (χ0n) is 24.3. The molecule has 0 bridgehead atoms. The van der Waals surface area contributed by atoms with Gasteiger partial charge in [0, 0.05) is 25.7 Å². The van der Waals surface area contributed by atoms with E-state index in [0.29, 0.717) is 26.1 Å². The summed E-state index contributed by atoms with van der Waals surface area (Å²) >= 11 is 0. The number of hydrogen-bond acceptors (Lipinski definition) is 5. The van der Waals surface area contributed by atoms with E-state index in [1.54, 1.807) is 4.90 Å². The number of carbonyl (C=O) groups excluding carboxylic acids is 3. The van der Waals surface area contributed by atoms with E-state index >= 15 is 0 Å².